The van der Waals surface area contributed by atoms with Gasteiger partial charge in [0.25, 0.3) is 0 Å². The van der Waals surface area contributed by atoms with Gasteiger partial charge < -0.3 is 14.8 Å². The highest BCUT2D eigenvalue weighted by Gasteiger charge is 2.05. The maximum absolute atomic E-state index is 12.4. The van der Waals surface area contributed by atoms with Gasteiger partial charge in [0.15, 0.2) is 5.43 Å². The van der Waals surface area contributed by atoms with Gasteiger partial charge in [0.05, 0.1) is 10.9 Å². The van der Waals surface area contributed by atoms with Gasteiger partial charge in [-0.2, -0.15) is 0 Å². The first-order chi connectivity index (χ1) is 11.1. The van der Waals surface area contributed by atoms with Crippen molar-refractivity contribution in [1.82, 2.24) is 5.32 Å². The van der Waals surface area contributed by atoms with Gasteiger partial charge in [-0.3, -0.25) is 9.59 Å². The van der Waals surface area contributed by atoms with Crippen molar-refractivity contribution < 1.29 is 14.3 Å². The molecule has 5 heteroatoms. The SMILES string of the molecule is Cc1ccc2occ(/C=C/C(=O)NCCCCCO)c(=O)c2c1. The number of hydrogen-bond acceptors (Lipinski definition) is 4. The predicted molar refractivity (Wildman–Crippen MR) is 90.2 cm³/mol. The van der Waals surface area contributed by atoms with E-state index in [1.165, 1.54) is 18.4 Å². The largest absolute Gasteiger partial charge is 0.463 e. The first kappa shape index (κ1) is 17.0. The number of fused-ring (bicyclic) bond motifs is 1. The maximum Gasteiger partial charge on any atom is 0.244 e. The molecule has 0 atom stereocenters. The van der Waals surface area contributed by atoms with E-state index < -0.39 is 0 Å². The van der Waals surface area contributed by atoms with Crippen LogP contribution in [0.15, 0.2) is 39.7 Å². The van der Waals surface area contributed by atoms with Crippen molar-refractivity contribution in [1.29, 1.82) is 0 Å². The third kappa shape index (κ3) is 4.79. The van der Waals surface area contributed by atoms with Crippen LogP contribution in [-0.2, 0) is 4.79 Å². The molecular formula is C18H21NO4. The van der Waals surface area contributed by atoms with Crippen molar-refractivity contribution in [3.8, 4) is 0 Å². The Kier molecular flexibility index (Phi) is 6.11. The van der Waals surface area contributed by atoms with Crippen LogP contribution in [0.3, 0.4) is 0 Å². The summed E-state index contributed by atoms with van der Waals surface area (Å²) in [4.78, 5) is 24.1. The third-order valence-electron chi connectivity index (χ3n) is 3.50. The van der Waals surface area contributed by atoms with Crippen molar-refractivity contribution >= 4 is 23.0 Å². The number of unbranched alkanes of at least 4 members (excludes halogenated alkanes) is 2. The van der Waals surface area contributed by atoms with Gasteiger partial charge in [0, 0.05) is 19.2 Å². The fraction of sp³-hybridized carbons (Fsp3) is 0.333. The van der Waals surface area contributed by atoms with Crippen LogP contribution in [0.25, 0.3) is 17.0 Å². The molecule has 0 unspecified atom stereocenters. The molecule has 5 nitrogen and oxygen atoms in total. The summed E-state index contributed by atoms with van der Waals surface area (Å²) in [6, 6.07) is 5.42. The number of carbonyl (C=O) groups excluding carboxylic acids is 1. The average Bonchev–Trinajstić information content (AvgIpc) is 2.54. The van der Waals surface area contributed by atoms with Crippen LogP contribution in [0.4, 0.5) is 0 Å². The van der Waals surface area contributed by atoms with Crippen molar-refractivity contribution in [2.24, 2.45) is 0 Å². The molecule has 0 radical (unpaired) electrons. The first-order valence-corrected chi connectivity index (χ1v) is 7.71. The summed E-state index contributed by atoms with van der Waals surface area (Å²) in [5, 5.41) is 11.9. The molecule has 0 bridgehead atoms. The minimum atomic E-state index is -0.252. The van der Waals surface area contributed by atoms with E-state index in [0.717, 1.165) is 24.8 Å². The Hall–Kier alpha value is -2.40. The number of benzene rings is 1. The second-order valence-corrected chi connectivity index (χ2v) is 5.43. The molecule has 0 spiro atoms. The Balaban J connectivity index is 2.02. The summed E-state index contributed by atoms with van der Waals surface area (Å²) in [6.45, 7) is 2.63. The molecule has 2 N–H and O–H groups in total. The minimum absolute atomic E-state index is 0.151. The summed E-state index contributed by atoms with van der Waals surface area (Å²) in [5.41, 5.74) is 1.71. The standard InChI is InChI=1S/C18H21NO4/c1-13-5-7-16-15(11-13)18(22)14(12-23-16)6-8-17(21)19-9-3-2-4-10-20/h5-8,11-12,20H,2-4,9-10H2,1H3,(H,19,21)/b8-6+. The molecule has 2 aromatic rings. The van der Waals surface area contributed by atoms with E-state index in [4.69, 9.17) is 9.52 Å². The third-order valence-corrected chi connectivity index (χ3v) is 3.50. The van der Waals surface area contributed by atoms with Crippen molar-refractivity contribution in [3.05, 3.63) is 51.9 Å². The summed E-state index contributed by atoms with van der Waals surface area (Å²) in [5.74, 6) is -0.252. The zero-order valence-corrected chi connectivity index (χ0v) is 13.2. The number of carbonyl (C=O) groups is 1. The van der Waals surface area contributed by atoms with Crippen LogP contribution in [0.1, 0.15) is 30.4 Å². The summed E-state index contributed by atoms with van der Waals surface area (Å²) in [6.07, 6.45) is 6.59. The van der Waals surface area contributed by atoms with E-state index in [-0.39, 0.29) is 17.9 Å². The molecule has 0 aliphatic carbocycles. The maximum atomic E-state index is 12.4. The summed E-state index contributed by atoms with van der Waals surface area (Å²) < 4.78 is 5.43. The lowest BCUT2D eigenvalue weighted by Crippen LogP contribution is -2.22. The number of aryl methyl sites for hydroxylation is 1. The first-order valence-electron chi connectivity index (χ1n) is 7.71. The zero-order valence-electron chi connectivity index (χ0n) is 13.2. The fourth-order valence-corrected chi connectivity index (χ4v) is 2.22. The summed E-state index contributed by atoms with van der Waals surface area (Å²) >= 11 is 0. The van der Waals surface area contributed by atoms with Gasteiger partial charge in [-0.1, -0.05) is 11.6 Å². The predicted octanol–water partition coefficient (Wildman–Crippen LogP) is 2.39. The van der Waals surface area contributed by atoms with Crippen LogP contribution < -0.4 is 10.7 Å². The minimum Gasteiger partial charge on any atom is -0.463 e. The van der Waals surface area contributed by atoms with Crippen LogP contribution in [0.5, 0.6) is 0 Å². The van der Waals surface area contributed by atoms with Gasteiger partial charge in [0.1, 0.15) is 11.8 Å². The second-order valence-electron chi connectivity index (χ2n) is 5.43. The van der Waals surface area contributed by atoms with Crippen LogP contribution in [0.2, 0.25) is 0 Å². The molecule has 0 saturated carbocycles. The van der Waals surface area contributed by atoms with E-state index in [0.29, 0.717) is 23.1 Å². The highest BCUT2D eigenvalue weighted by atomic mass is 16.3. The lowest BCUT2D eigenvalue weighted by atomic mass is 10.1. The Bertz CT molecular complexity index is 761. The molecule has 0 aliphatic rings. The Morgan fingerprint density at radius 2 is 2.13 bits per heavy atom. The quantitative estimate of drug-likeness (QED) is 0.607. The van der Waals surface area contributed by atoms with Crippen molar-refractivity contribution in [2.45, 2.75) is 26.2 Å². The van der Waals surface area contributed by atoms with Crippen LogP contribution >= 0.6 is 0 Å². The Morgan fingerprint density at radius 1 is 1.30 bits per heavy atom. The van der Waals surface area contributed by atoms with E-state index in [9.17, 15) is 9.59 Å². The molecule has 0 fully saturated rings. The van der Waals surface area contributed by atoms with E-state index in [2.05, 4.69) is 5.32 Å². The van der Waals surface area contributed by atoms with Gasteiger partial charge in [-0.05, 0) is 44.4 Å². The fourth-order valence-electron chi connectivity index (χ4n) is 2.22. The zero-order chi connectivity index (χ0) is 16.7. The van der Waals surface area contributed by atoms with Gasteiger partial charge in [-0.15, -0.1) is 0 Å². The number of hydrogen-bond donors (Lipinski definition) is 2. The number of amides is 1. The van der Waals surface area contributed by atoms with E-state index >= 15 is 0 Å². The highest BCUT2D eigenvalue weighted by molar-refractivity contribution is 5.92. The highest BCUT2D eigenvalue weighted by Crippen LogP contribution is 2.13. The number of nitrogens with one attached hydrogen (secondary N) is 1. The Morgan fingerprint density at radius 3 is 2.91 bits per heavy atom. The lowest BCUT2D eigenvalue weighted by Gasteiger charge is -2.02. The molecule has 23 heavy (non-hydrogen) atoms. The van der Waals surface area contributed by atoms with Crippen LogP contribution in [-0.4, -0.2) is 24.2 Å². The van der Waals surface area contributed by atoms with Gasteiger partial charge in [0.2, 0.25) is 5.91 Å². The van der Waals surface area contributed by atoms with Gasteiger partial charge >= 0.3 is 0 Å². The van der Waals surface area contributed by atoms with Gasteiger partial charge in [-0.25, -0.2) is 0 Å². The molecule has 1 amide bonds. The molecule has 1 aromatic heterocycles. The van der Waals surface area contributed by atoms with Crippen LogP contribution in [0, 0.1) is 6.92 Å². The number of aliphatic hydroxyl groups excluding tert-OH is 1. The molecule has 0 saturated heterocycles. The molecule has 122 valence electrons. The van der Waals surface area contributed by atoms with Crippen molar-refractivity contribution in [2.75, 3.05) is 13.2 Å². The number of rotatable bonds is 7. The Labute approximate surface area is 134 Å². The number of aliphatic hydroxyl groups is 1. The molecular weight excluding hydrogens is 294 g/mol. The monoisotopic (exact) mass is 315 g/mol. The normalized spacial score (nSPS) is 11.2. The smallest absolute Gasteiger partial charge is 0.244 e. The average molecular weight is 315 g/mol. The molecule has 0 aliphatic heterocycles. The molecule has 1 aromatic carbocycles. The van der Waals surface area contributed by atoms with E-state index in [1.807, 2.05) is 13.0 Å². The molecule has 1 heterocycles. The second kappa shape index (κ2) is 8.29. The lowest BCUT2D eigenvalue weighted by molar-refractivity contribution is -0.116. The molecule has 2 rings (SSSR count). The topological polar surface area (TPSA) is 79.5 Å². The van der Waals surface area contributed by atoms with E-state index in [1.54, 1.807) is 12.1 Å². The summed E-state index contributed by atoms with van der Waals surface area (Å²) in [7, 11) is 0. The van der Waals surface area contributed by atoms with Crippen molar-refractivity contribution in [3.63, 3.8) is 0 Å².